The second-order valence-electron chi connectivity index (χ2n) is 5.34. The summed E-state index contributed by atoms with van der Waals surface area (Å²) in [7, 11) is 5.27. The molecule has 1 heterocycles. The van der Waals surface area contributed by atoms with E-state index in [1.807, 2.05) is 54.1 Å². The average Bonchev–Trinajstić information content (AvgIpc) is 3.01. The number of benzene rings is 2. The number of halogens is 1. The van der Waals surface area contributed by atoms with Crippen molar-refractivity contribution in [3.63, 3.8) is 0 Å². The highest BCUT2D eigenvalue weighted by Gasteiger charge is 2.13. The lowest BCUT2D eigenvalue weighted by molar-refractivity contribution is 0.400. The van der Waals surface area contributed by atoms with Crippen molar-refractivity contribution in [1.29, 1.82) is 0 Å². The molecule has 0 aliphatic carbocycles. The van der Waals surface area contributed by atoms with E-state index in [0.717, 1.165) is 33.6 Å². The molecule has 7 heteroatoms. The summed E-state index contributed by atoms with van der Waals surface area (Å²) in [6.45, 7) is 0. The first-order valence-electron chi connectivity index (χ1n) is 7.61. The summed E-state index contributed by atoms with van der Waals surface area (Å²) in [6.07, 6.45) is 0. The third-order valence-electron chi connectivity index (χ3n) is 3.78. The second-order valence-corrected chi connectivity index (χ2v) is 6.72. The summed E-state index contributed by atoms with van der Waals surface area (Å²) < 4.78 is 12.7. The predicted octanol–water partition coefficient (Wildman–Crippen LogP) is 4.45. The molecule has 0 spiro atoms. The minimum atomic E-state index is 0.700. The predicted molar refractivity (Wildman–Crippen MR) is 101 cm³/mol. The maximum Gasteiger partial charge on any atom is 0.191 e. The summed E-state index contributed by atoms with van der Waals surface area (Å²) >= 11 is 7.54. The molecule has 5 nitrogen and oxygen atoms in total. The lowest BCUT2D eigenvalue weighted by Crippen LogP contribution is -1.96. The van der Waals surface area contributed by atoms with E-state index < -0.39 is 0 Å². The minimum Gasteiger partial charge on any atom is -0.497 e. The molecule has 0 fully saturated rings. The van der Waals surface area contributed by atoms with Gasteiger partial charge in [-0.05, 0) is 42.5 Å². The molecule has 0 saturated heterocycles. The van der Waals surface area contributed by atoms with Crippen LogP contribution in [0.5, 0.6) is 11.5 Å². The van der Waals surface area contributed by atoms with Crippen LogP contribution in [-0.2, 0) is 12.8 Å². The van der Waals surface area contributed by atoms with E-state index in [1.54, 1.807) is 26.0 Å². The van der Waals surface area contributed by atoms with Crippen molar-refractivity contribution in [1.82, 2.24) is 14.8 Å². The zero-order chi connectivity index (χ0) is 17.8. The minimum absolute atomic E-state index is 0.700. The van der Waals surface area contributed by atoms with Crippen LogP contribution in [0.2, 0.25) is 5.02 Å². The van der Waals surface area contributed by atoms with Gasteiger partial charge in [0, 0.05) is 29.0 Å². The smallest absolute Gasteiger partial charge is 0.191 e. The van der Waals surface area contributed by atoms with Crippen LogP contribution in [0.25, 0.3) is 11.4 Å². The zero-order valence-corrected chi connectivity index (χ0v) is 15.8. The molecule has 25 heavy (non-hydrogen) atoms. The molecule has 0 aliphatic heterocycles. The zero-order valence-electron chi connectivity index (χ0n) is 14.2. The van der Waals surface area contributed by atoms with E-state index in [-0.39, 0.29) is 0 Å². The molecule has 0 aliphatic rings. The van der Waals surface area contributed by atoms with Crippen molar-refractivity contribution >= 4 is 23.4 Å². The van der Waals surface area contributed by atoms with Gasteiger partial charge >= 0.3 is 0 Å². The highest BCUT2D eigenvalue weighted by Crippen LogP contribution is 2.31. The van der Waals surface area contributed by atoms with Crippen molar-refractivity contribution in [2.45, 2.75) is 10.9 Å². The topological polar surface area (TPSA) is 49.2 Å². The fourth-order valence-electron chi connectivity index (χ4n) is 2.43. The lowest BCUT2D eigenvalue weighted by atomic mass is 10.2. The summed E-state index contributed by atoms with van der Waals surface area (Å²) in [5, 5.41) is 10.1. The average molecular weight is 376 g/mol. The van der Waals surface area contributed by atoms with Crippen molar-refractivity contribution in [3.8, 4) is 22.9 Å². The van der Waals surface area contributed by atoms with Crippen molar-refractivity contribution in [2.24, 2.45) is 7.05 Å². The summed E-state index contributed by atoms with van der Waals surface area (Å²) in [5.74, 6) is 3.13. The molecule has 0 atom stereocenters. The Labute approximate surface area is 155 Å². The van der Waals surface area contributed by atoms with E-state index in [9.17, 15) is 0 Å². The number of hydrogen-bond donors (Lipinski definition) is 0. The monoisotopic (exact) mass is 375 g/mol. The summed E-state index contributed by atoms with van der Waals surface area (Å²) in [5.41, 5.74) is 2.02. The summed E-state index contributed by atoms with van der Waals surface area (Å²) in [4.78, 5) is 0. The van der Waals surface area contributed by atoms with Gasteiger partial charge in [0.2, 0.25) is 0 Å². The summed E-state index contributed by atoms with van der Waals surface area (Å²) in [6, 6.07) is 13.3. The lowest BCUT2D eigenvalue weighted by Gasteiger charge is -2.10. The molecule has 0 bridgehead atoms. The van der Waals surface area contributed by atoms with Crippen molar-refractivity contribution < 1.29 is 9.47 Å². The third-order valence-corrected chi connectivity index (χ3v) is 5.10. The largest absolute Gasteiger partial charge is 0.497 e. The molecule has 0 N–H and O–H groups in total. The van der Waals surface area contributed by atoms with Crippen molar-refractivity contribution in [3.05, 3.63) is 53.1 Å². The van der Waals surface area contributed by atoms with Gasteiger partial charge in [-0.15, -0.1) is 10.2 Å². The number of nitrogens with zero attached hydrogens (tertiary/aromatic N) is 3. The Morgan fingerprint density at radius 2 is 1.80 bits per heavy atom. The Morgan fingerprint density at radius 1 is 1.04 bits per heavy atom. The van der Waals surface area contributed by atoms with Gasteiger partial charge in [0.25, 0.3) is 0 Å². The number of aromatic nitrogens is 3. The molecule has 0 unspecified atom stereocenters. The van der Waals surface area contributed by atoms with Crippen LogP contribution in [0.15, 0.2) is 47.6 Å². The molecule has 0 radical (unpaired) electrons. The van der Waals surface area contributed by atoms with Crippen LogP contribution in [0.1, 0.15) is 5.56 Å². The van der Waals surface area contributed by atoms with E-state index in [1.165, 1.54) is 0 Å². The normalized spacial score (nSPS) is 10.7. The van der Waals surface area contributed by atoms with Gasteiger partial charge in [-0.1, -0.05) is 23.4 Å². The standard InChI is InChI=1S/C18H18ClN3O2S/c1-22-17(12-4-6-14(19)7-5-12)20-21-18(22)25-11-13-10-15(23-2)8-9-16(13)24-3/h4-10H,11H2,1-3H3. The van der Waals surface area contributed by atoms with Crippen LogP contribution in [-0.4, -0.2) is 29.0 Å². The fourth-order valence-corrected chi connectivity index (χ4v) is 3.44. The molecular formula is C18H18ClN3O2S. The van der Waals surface area contributed by atoms with Crippen LogP contribution < -0.4 is 9.47 Å². The molecule has 2 aromatic carbocycles. The first-order valence-corrected chi connectivity index (χ1v) is 8.97. The van der Waals surface area contributed by atoms with E-state index >= 15 is 0 Å². The fraction of sp³-hybridized carbons (Fsp3) is 0.222. The number of methoxy groups -OCH3 is 2. The Kier molecular flexibility index (Phi) is 5.50. The van der Waals surface area contributed by atoms with Gasteiger partial charge in [-0.25, -0.2) is 0 Å². The van der Waals surface area contributed by atoms with Crippen LogP contribution in [0.4, 0.5) is 0 Å². The molecule has 130 valence electrons. The van der Waals surface area contributed by atoms with E-state index in [2.05, 4.69) is 10.2 Å². The molecule has 0 amide bonds. The number of ether oxygens (including phenoxy) is 2. The molecule has 0 saturated carbocycles. The molecular weight excluding hydrogens is 358 g/mol. The van der Waals surface area contributed by atoms with Gasteiger partial charge < -0.3 is 14.0 Å². The van der Waals surface area contributed by atoms with Gasteiger partial charge in [-0.2, -0.15) is 0 Å². The third kappa shape index (κ3) is 3.91. The first-order chi connectivity index (χ1) is 12.1. The Hall–Kier alpha value is -2.18. The van der Waals surface area contributed by atoms with Gasteiger partial charge in [-0.3, -0.25) is 0 Å². The molecule has 3 aromatic rings. The second kappa shape index (κ2) is 7.80. The van der Waals surface area contributed by atoms with E-state index in [0.29, 0.717) is 10.8 Å². The molecule has 1 aromatic heterocycles. The first kappa shape index (κ1) is 17.6. The highest BCUT2D eigenvalue weighted by molar-refractivity contribution is 7.98. The van der Waals surface area contributed by atoms with Crippen LogP contribution >= 0.6 is 23.4 Å². The SMILES string of the molecule is COc1ccc(OC)c(CSc2nnc(-c3ccc(Cl)cc3)n2C)c1. The molecule has 3 rings (SSSR count). The van der Waals surface area contributed by atoms with Crippen molar-refractivity contribution in [2.75, 3.05) is 14.2 Å². The van der Waals surface area contributed by atoms with Gasteiger partial charge in [0.05, 0.1) is 14.2 Å². The Bertz CT molecular complexity index is 865. The van der Waals surface area contributed by atoms with E-state index in [4.69, 9.17) is 21.1 Å². The maximum atomic E-state index is 5.95. The number of thioether (sulfide) groups is 1. The maximum absolute atomic E-state index is 5.95. The number of rotatable bonds is 6. The van der Waals surface area contributed by atoms with Crippen LogP contribution in [0, 0.1) is 0 Å². The Balaban J connectivity index is 1.80. The Morgan fingerprint density at radius 3 is 2.48 bits per heavy atom. The van der Waals surface area contributed by atoms with Gasteiger partial charge in [0.15, 0.2) is 11.0 Å². The van der Waals surface area contributed by atoms with Crippen LogP contribution in [0.3, 0.4) is 0 Å². The number of hydrogen-bond acceptors (Lipinski definition) is 5. The quantitative estimate of drug-likeness (QED) is 0.596. The van der Waals surface area contributed by atoms with Gasteiger partial charge in [0.1, 0.15) is 11.5 Å². The highest BCUT2D eigenvalue weighted by atomic mass is 35.5.